The topological polar surface area (TPSA) is 99.7 Å². The van der Waals surface area contributed by atoms with Crippen LogP contribution in [0.25, 0.3) is 0 Å². The summed E-state index contributed by atoms with van der Waals surface area (Å²) in [6, 6.07) is 5.48. The molecule has 0 saturated heterocycles. The number of benzene rings is 1. The fourth-order valence-electron chi connectivity index (χ4n) is 4.40. The second kappa shape index (κ2) is 8.22. The molecule has 0 bridgehead atoms. The maximum absolute atomic E-state index is 12.7. The van der Waals surface area contributed by atoms with Gasteiger partial charge in [0, 0.05) is 23.7 Å². The first-order valence-electron chi connectivity index (χ1n) is 10.1. The van der Waals surface area contributed by atoms with Gasteiger partial charge in [0.2, 0.25) is 5.91 Å². The Labute approximate surface area is 164 Å². The van der Waals surface area contributed by atoms with Gasteiger partial charge in [0.25, 0.3) is 5.91 Å². The molecule has 1 aromatic rings. The summed E-state index contributed by atoms with van der Waals surface area (Å²) in [5.41, 5.74) is 3.17. The maximum atomic E-state index is 12.7. The van der Waals surface area contributed by atoms with E-state index in [0.717, 1.165) is 41.8 Å². The zero-order valence-electron chi connectivity index (χ0n) is 15.9. The van der Waals surface area contributed by atoms with Crippen molar-refractivity contribution in [2.75, 3.05) is 19.8 Å². The van der Waals surface area contributed by atoms with Gasteiger partial charge in [-0.3, -0.25) is 9.59 Å². The number of nitrogens with one attached hydrogen (secondary N) is 3. The highest BCUT2D eigenvalue weighted by atomic mass is 16.5. The van der Waals surface area contributed by atoms with Crippen molar-refractivity contribution >= 4 is 11.8 Å². The fourth-order valence-corrected chi connectivity index (χ4v) is 4.40. The zero-order chi connectivity index (χ0) is 19.5. The van der Waals surface area contributed by atoms with E-state index >= 15 is 0 Å². The van der Waals surface area contributed by atoms with Crippen molar-refractivity contribution in [1.82, 2.24) is 16.0 Å². The van der Waals surface area contributed by atoms with E-state index in [1.54, 1.807) is 0 Å². The number of ether oxygens (including phenoxy) is 1. The summed E-state index contributed by atoms with van der Waals surface area (Å²) in [6.07, 6.45) is 6.61. The lowest BCUT2D eigenvalue weighted by Gasteiger charge is -2.27. The van der Waals surface area contributed by atoms with E-state index in [1.807, 2.05) is 18.2 Å². The molecular formula is C21H27N3O4. The molecule has 7 nitrogen and oxygen atoms in total. The third-order valence-electron chi connectivity index (χ3n) is 5.77. The van der Waals surface area contributed by atoms with Gasteiger partial charge in [-0.1, -0.05) is 37.5 Å². The average molecular weight is 385 g/mol. The molecule has 4 rings (SSSR count). The first-order valence-corrected chi connectivity index (χ1v) is 10.1. The molecular weight excluding hydrogens is 358 g/mol. The third-order valence-corrected chi connectivity index (χ3v) is 5.77. The number of rotatable bonds is 6. The van der Waals surface area contributed by atoms with E-state index in [-0.39, 0.29) is 5.91 Å². The van der Waals surface area contributed by atoms with Crippen molar-refractivity contribution < 1.29 is 19.4 Å². The van der Waals surface area contributed by atoms with Gasteiger partial charge in [-0.15, -0.1) is 0 Å². The Kier molecular flexibility index (Phi) is 5.52. The van der Waals surface area contributed by atoms with Crippen LogP contribution >= 0.6 is 0 Å². The molecule has 7 heteroatoms. The minimum absolute atomic E-state index is 0.197. The number of hydrogen-bond donors (Lipinski definition) is 4. The summed E-state index contributed by atoms with van der Waals surface area (Å²) in [5.74, 6) is 0.0110. The molecule has 0 radical (unpaired) electrons. The van der Waals surface area contributed by atoms with Crippen molar-refractivity contribution in [3.63, 3.8) is 0 Å². The lowest BCUT2D eigenvalue weighted by molar-refractivity contribution is -0.124. The Morgan fingerprint density at radius 2 is 2.11 bits per heavy atom. The van der Waals surface area contributed by atoms with Crippen LogP contribution in [0.3, 0.4) is 0 Å². The third kappa shape index (κ3) is 3.71. The van der Waals surface area contributed by atoms with Crippen molar-refractivity contribution in [2.24, 2.45) is 0 Å². The highest BCUT2D eigenvalue weighted by Crippen LogP contribution is 2.38. The molecule has 4 N–H and O–H groups in total. The first kappa shape index (κ1) is 18.8. The van der Waals surface area contributed by atoms with Crippen molar-refractivity contribution in [1.29, 1.82) is 0 Å². The standard InChI is InChI=1S/C21H27N3O4/c25-12-17(26)24-19(15-8-4-5-13-9-10-28-20(13)15)18-16(11-22-21(18)27)23-14-6-2-1-3-7-14/h4-5,8,14,19,23,25H,1-3,6-7,9-12H2,(H,22,27)(H,24,26). The van der Waals surface area contributed by atoms with E-state index in [9.17, 15) is 14.7 Å². The lowest BCUT2D eigenvalue weighted by Crippen LogP contribution is -2.36. The molecule has 1 aromatic carbocycles. The van der Waals surface area contributed by atoms with Crippen LogP contribution < -0.4 is 20.7 Å². The molecule has 1 aliphatic carbocycles. The average Bonchev–Trinajstić information content (AvgIpc) is 3.33. The maximum Gasteiger partial charge on any atom is 0.251 e. The van der Waals surface area contributed by atoms with Crippen LogP contribution in [0.15, 0.2) is 29.5 Å². The monoisotopic (exact) mass is 385 g/mol. The van der Waals surface area contributed by atoms with Crippen molar-refractivity contribution in [2.45, 2.75) is 50.6 Å². The van der Waals surface area contributed by atoms with Crippen LogP contribution in [0.1, 0.15) is 49.3 Å². The van der Waals surface area contributed by atoms with Crippen LogP contribution in [0.5, 0.6) is 5.75 Å². The predicted molar refractivity (Wildman–Crippen MR) is 104 cm³/mol. The van der Waals surface area contributed by atoms with Crippen LogP contribution in [0.4, 0.5) is 0 Å². The summed E-state index contributed by atoms with van der Waals surface area (Å²) >= 11 is 0. The number of aliphatic hydroxyl groups excluding tert-OH is 1. The largest absolute Gasteiger partial charge is 0.493 e. The molecule has 1 fully saturated rings. The number of carbonyl (C=O) groups is 2. The van der Waals surface area contributed by atoms with E-state index in [2.05, 4.69) is 16.0 Å². The molecule has 2 aliphatic heterocycles. The summed E-state index contributed by atoms with van der Waals surface area (Å²) in [5, 5.41) is 18.5. The second-order valence-electron chi connectivity index (χ2n) is 7.65. The molecule has 0 spiro atoms. The molecule has 150 valence electrons. The number of aliphatic hydroxyl groups is 1. The number of para-hydroxylation sites is 1. The van der Waals surface area contributed by atoms with Gasteiger partial charge in [0.15, 0.2) is 0 Å². The van der Waals surface area contributed by atoms with Gasteiger partial charge >= 0.3 is 0 Å². The lowest BCUT2D eigenvalue weighted by atomic mass is 9.92. The molecule has 28 heavy (non-hydrogen) atoms. The Balaban J connectivity index is 1.72. The molecule has 1 atom stereocenters. The fraction of sp³-hybridized carbons (Fsp3) is 0.524. The second-order valence-corrected chi connectivity index (χ2v) is 7.65. The zero-order valence-corrected chi connectivity index (χ0v) is 15.9. The normalized spacial score (nSPS) is 20.4. The van der Waals surface area contributed by atoms with Crippen molar-refractivity contribution in [3.8, 4) is 5.75 Å². The smallest absolute Gasteiger partial charge is 0.251 e. The van der Waals surface area contributed by atoms with Crippen LogP contribution in [-0.2, 0) is 16.0 Å². The summed E-state index contributed by atoms with van der Waals surface area (Å²) in [7, 11) is 0. The quantitative estimate of drug-likeness (QED) is 0.587. The Bertz CT molecular complexity index is 799. The molecule has 0 aromatic heterocycles. The van der Waals surface area contributed by atoms with Crippen LogP contribution in [0, 0.1) is 0 Å². The first-order chi connectivity index (χ1) is 13.7. The Hall–Kier alpha value is -2.54. The SMILES string of the molecule is O=C(CO)NC(C1=C(NC2CCCCC2)CNC1=O)c1cccc2c1OCC2. The Morgan fingerprint density at radius 1 is 1.29 bits per heavy atom. The highest BCUT2D eigenvalue weighted by Gasteiger charge is 2.35. The Morgan fingerprint density at radius 3 is 2.89 bits per heavy atom. The van der Waals surface area contributed by atoms with Crippen LogP contribution in [0.2, 0.25) is 0 Å². The van der Waals surface area contributed by atoms with Gasteiger partial charge in [0.05, 0.1) is 24.8 Å². The summed E-state index contributed by atoms with van der Waals surface area (Å²) in [6.45, 7) is 0.379. The van der Waals surface area contributed by atoms with Gasteiger partial charge in [-0.25, -0.2) is 0 Å². The van der Waals surface area contributed by atoms with Gasteiger partial charge in [0.1, 0.15) is 12.4 Å². The van der Waals surface area contributed by atoms with E-state index < -0.39 is 18.6 Å². The van der Waals surface area contributed by atoms with Crippen molar-refractivity contribution in [3.05, 3.63) is 40.6 Å². The number of carbonyl (C=O) groups excluding carboxylic acids is 2. The highest BCUT2D eigenvalue weighted by molar-refractivity contribution is 5.99. The van der Waals surface area contributed by atoms with Gasteiger partial charge < -0.3 is 25.8 Å². The summed E-state index contributed by atoms with van der Waals surface area (Å²) in [4.78, 5) is 24.8. The van der Waals surface area contributed by atoms with E-state index in [0.29, 0.717) is 24.8 Å². The summed E-state index contributed by atoms with van der Waals surface area (Å²) < 4.78 is 5.82. The van der Waals surface area contributed by atoms with Crippen LogP contribution in [-0.4, -0.2) is 42.7 Å². The number of fused-ring (bicyclic) bond motifs is 1. The van der Waals surface area contributed by atoms with Gasteiger partial charge in [-0.2, -0.15) is 0 Å². The minimum atomic E-state index is -0.665. The molecule has 2 amide bonds. The molecule has 1 saturated carbocycles. The van der Waals surface area contributed by atoms with E-state index in [4.69, 9.17) is 4.74 Å². The predicted octanol–water partition coefficient (Wildman–Crippen LogP) is 1.08. The molecule has 3 aliphatic rings. The number of hydrogen-bond acceptors (Lipinski definition) is 5. The minimum Gasteiger partial charge on any atom is -0.493 e. The van der Waals surface area contributed by atoms with E-state index in [1.165, 1.54) is 19.3 Å². The number of amides is 2. The molecule has 2 heterocycles. The molecule has 1 unspecified atom stereocenters. The van der Waals surface area contributed by atoms with Gasteiger partial charge in [-0.05, 0) is 18.4 Å².